The van der Waals surface area contributed by atoms with Crippen molar-refractivity contribution in [3.8, 4) is 5.75 Å². The quantitative estimate of drug-likeness (QED) is 0.859. The molecule has 3 nitrogen and oxygen atoms in total. The minimum absolute atomic E-state index is 0.357. The number of nitrogens with one attached hydrogen (secondary N) is 1. The Bertz CT molecular complexity index is 594. The first-order valence-electron chi connectivity index (χ1n) is 8.57. The zero-order valence-electron chi connectivity index (χ0n) is 13.6. The smallest absolute Gasteiger partial charge is 0.120 e. The zero-order valence-corrected chi connectivity index (χ0v) is 13.6. The Morgan fingerprint density at radius 3 is 2.70 bits per heavy atom. The van der Waals surface area contributed by atoms with E-state index in [0.717, 1.165) is 12.3 Å². The van der Waals surface area contributed by atoms with E-state index < -0.39 is 0 Å². The second-order valence-corrected chi connectivity index (χ2v) is 6.25. The van der Waals surface area contributed by atoms with Gasteiger partial charge in [0.1, 0.15) is 12.4 Å². The van der Waals surface area contributed by atoms with E-state index in [1.54, 1.807) is 0 Å². The van der Waals surface area contributed by atoms with Gasteiger partial charge >= 0.3 is 0 Å². The molecule has 23 heavy (non-hydrogen) atoms. The molecule has 0 aliphatic carbocycles. The standard InChI is InChI=1S/C20H26N2O/c21-14-19(20-11-4-5-12-22-20)17-9-6-10-18(13-17)23-15-16-7-2-1-3-8-16/h1-3,6-10,13,19-20,22H,4-5,11-12,14-15,21H2. The molecular weight excluding hydrogens is 284 g/mol. The fourth-order valence-electron chi connectivity index (χ4n) is 3.33. The van der Waals surface area contributed by atoms with Crippen LogP contribution in [-0.4, -0.2) is 19.1 Å². The highest BCUT2D eigenvalue weighted by Crippen LogP contribution is 2.27. The normalized spacial score (nSPS) is 19.3. The summed E-state index contributed by atoms with van der Waals surface area (Å²) >= 11 is 0. The Hall–Kier alpha value is -1.84. The Morgan fingerprint density at radius 1 is 1.09 bits per heavy atom. The SMILES string of the molecule is NCC(c1cccc(OCc2ccccc2)c1)C1CCCCN1. The molecule has 122 valence electrons. The second-order valence-electron chi connectivity index (χ2n) is 6.25. The van der Waals surface area contributed by atoms with Crippen LogP contribution in [0.4, 0.5) is 0 Å². The van der Waals surface area contributed by atoms with E-state index in [0.29, 0.717) is 25.1 Å². The van der Waals surface area contributed by atoms with E-state index in [4.69, 9.17) is 10.5 Å². The van der Waals surface area contributed by atoms with E-state index >= 15 is 0 Å². The third kappa shape index (κ3) is 4.34. The minimum atomic E-state index is 0.357. The first-order chi connectivity index (χ1) is 11.4. The van der Waals surface area contributed by atoms with Crippen LogP contribution in [0.15, 0.2) is 54.6 Å². The topological polar surface area (TPSA) is 47.3 Å². The summed E-state index contributed by atoms with van der Waals surface area (Å²) in [6.07, 6.45) is 3.77. The summed E-state index contributed by atoms with van der Waals surface area (Å²) in [5.41, 5.74) is 8.53. The maximum Gasteiger partial charge on any atom is 0.120 e. The van der Waals surface area contributed by atoms with Gasteiger partial charge in [-0.05, 0) is 42.6 Å². The number of hydrogen-bond donors (Lipinski definition) is 2. The monoisotopic (exact) mass is 310 g/mol. The van der Waals surface area contributed by atoms with Crippen LogP contribution in [0.25, 0.3) is 0 Å². The molecule has 3 N–H and O–H groups in total. The van der Waals surface area contributed by atoms with Gasteiger partial charge in [0.05, 0.1) is 0 Å². The van der Waals surface area contributed by atoms with E-state index in [-0.39, 0.29) is 0 Å². The van der Waals surface area contributed by atoms with Gasteiger partial charge in [-0.2, -0.15) is 0 Å². The molecule has 0 radical (unpaired) electrons. The molecule has 0 amide bonds. The lowest BCUT2D eigenvalue weighted by molar-refractivity contribution is 0.304. The molecule has 0 aromatic heterocycles. The molecule has 2 aromatic rings. The van der Waals surface area contributed by atoms with Crippen LogP contribution >= 0.6 is 0 Å². The number of ether oxygens (including phenoxy) is 1. The molecule has 1 aliphatic rings. The summed E-state index contributed by atoms with van der Waals surface area (Å²) in [4.78, 5) is 0. The van der Waals surface area contributed by atoms with Crippen LogP contribution in [0, 0.1) is 0 Å². The molecule has 2 unspecified atom stereocenters. The number of piperidine rings is 1. The summed E-state index contributed by atoms with van der Waals surface area (Å²) in [5.74, 6) is 1.27. The van der Waals surface area contributed by atoms with Crippen LogP contribution in [0.3, 0.4) is 0 Å². The fourth-order valence-corrected chi connectivity index (χ4v) is 3.33. The lowest BCUT2D eigenvalue weighted by atomic mass is 9.86. The Labute approximate surface area is 138 Å². The summed E-state index contributed by atoms with van der Waals surface area (Å²) < 4.78 is 5.95. The van der Waals surface area contributed by atoms with Crippen molar-refractivity contribution < 1.29 is 4.74 Å². The van der Waals surface area contributed by atoms with Crippen molar-refractivity contribution in [3.63, 3.8) is 0 Å². The summed E-state index contributed by atoms with van der Waals surface area (Å²) in [6.45, 7) is 2.37. The summed E-state index contributed by atoms with van der Waals surface area (Å²) in [7, 11) is 0. The van der Waals surface area contributed by atoms with Crippen molar-refractivity contribution in [1.29, 1.82) is 0 Å². The molecule has 0 saturated carbocycles. The van der Waals surface area contributed by atoms with Gasteiger partial charge in [0.25, 0.3) is 0 Å². The van der Waals surface area contributed by atoms with Crippen LogP contribution < -0.4 is 15.8 Å². The van der Waals surface area contributed by atoms with Crippen LogP contribution in [0.1, 0.15) is 36.3 Å². The van der Waals surface area contributed by atoms with E-state index in [2.05, 4.69) is 35.6 Å². The molecule has 1 heterocycles. The van der Waals surface area contributed by atoms with Crippen LogP contribution in [0.5, 0.6) is 5.75 Å². The second kappa shape index (κ2) is 8.14. The van der Waals surface area contributed by atoms with E-state index in [1.165, 1.54) is 30.4 Å². The van der Waals surface area contributed by atoms with Crippen molar-refractivity contribution in [2.45, 2.75) is 37.8 Å². The highest BCUT2D eigenvalue weighted by Gasteiger charge is 2.23. The Kier molecular flexibility index (Phi) is 5.67. The molecule has 1 fully saturated rings. The third-order valence-electron chi connectivity index (χ3n) is 4.62. The molecule has 1 aliphatic heterocycles. The highest BCUT2D eigenvalue weighted by molar-refractivity contribution is 5.32. The predicted octanol–water partition coefficient (Wildman–Crippen LogP) is 3.45. The highest BCUT2D eigenvalue weighted by atomic mass is 16.5. The lowest BCUT2D eigenvalue weighted by Gasteiger charge is -2.31. The molecule has 0 bridgehead atoms. The fraction of sp³-hybridized carbons (Fsp3) is 0.400. The average molecular weight is 310 g/mol. The molecule has 3 heteroatoms. The Morgan fingerprint density at radius 2 is 1.96 bits per heavy atom. The minimum Gasteiger partial charge on any atom is -0.489 e. The van der Waals surface area contributed by atoms with Gasteiger partial charge in [0, 0.05) is 18.5 Å². The van der Waals surface area contributed by atoms with Gasteiger partial charge in [-0.15, -0.1) is 0 Å². The van der Waals surface area contributed by atoms with Crippen molar-refractivity contribution in [3.05, 3.63) is 65.7 Å². The van der Waals surface area contributed by atoms with Gasteiger partial charge in [-0.25, -0.2) is 0 Å². The van der Waals surface area contributed by atoms with Crippen LogP contribution in [-0.2, 0) is 6.61 Å². The van der Waals surface area contributed by atoms with Crippen molar-refractivity contribution in [2.24, 2.45) is 5.73 Å². The largest absolute Gasteiger partial charge is 0.489 e. The Balaban J connectivity index is 1.68. The number of hydrogen-bond acceptors (Lipinski definition) is 3. The van der Waals surface area contributed by atoms with Gasteiger partial charge in [-0.1, -0.05) is 48.9 Å². The molecule has 3 rings (SSSR count). The molecular formula is C20H26N2O. The van der Waals surface area contributed by atoms with E-state index in [9.17, 15) is 0 Å². The molecule has 2 atom stereocenters. The molecule has 1 saturated heterocycles. The van der Waals surface area contributed by atoms with E-state index in [1.807, 2.05) is 24.3 Å². The summed E-state index contributed by atoms with van der Waals surface area (Å²) in [5, 5.41) is 3.63. The third-order valence-corrected chi connectivity index (χ3v) is 4.62. The van der Waals surface area contributed by atoms with Crippen LogP contribution in [0.2, 0.25) is 0 Å². The van der Waals surface area contributed by atoms with Gasteiger partial charge < -0.3 is 15.8 Å². The number of nitrogens with two attached hydrogens (primary N) is 1. The predicted molar refractivity (Wildman–Crippen MR) is 94.7 cm³/mol. The maximum atomic E-state index is 6.07. The first kappa shape index (κ1) is 16.0. The maximum absolute atomic E-state index is 6.07. The lowest BCUT2D eigenvalue weighted by Crippen LogP contribution is -2.41. The van der Waals surface area contributed by atoms with Gasteiger partial charge in [-0.3, -0.25) is 0 Å². The number of rotatable bonds is 6. The average Bonchev–Trinajstić information content (AvgIpc) is 2.63. The number of benzene rings is 2. The van der Waals surface area contributed by atoms with Gasteiger partial charge in [0.15, 0.2) is 0 Å². The zero-order chi connectivity index (χ0) is 15.9. The first-order valence-corrected chi connectivity index (χ1v) is 8.57. The summed E-state index contributed by atoms with van der Waals surface area (Å²) in [6, 6.07) is 19.2. The molecule has 2 aromatic carbocycles. The van der Waals surface area contributed by atoms with Crippen molar-refractivity contribution in [2.75, 3.05) is 13.1 Å². The molecule has 0 spiro atoms. The van der Waals surface area contributed by atoms with Crippen molar-refractivity contribution in [1.82, 2.24) is 5.32 Å². The van der Waals surface area contributed by atoms with Gasteiger partial charge in [0.2, 0.25) is 0 Å². The van der Waals surface area contributed by atoms with Crippen molar-refractivity contribution >= 4 is 0 Å².